The van der Waals surface area contributed by atoms with Crippen molar-refractivity contribution in [1.29, 1.82) is 0 Å². The number of carbonyl (C=O) groups excluding carboxylic acids is 1. The number of carboxylic acids is 1. The van der Waals surface area contributed by atoms with Crippen molar-refractivity contribution in [2.45, 2.75) is 125 Å². The van der Waals surface area contributed by atoms with Gasteiger partial charge in [0.1, 0.15) is 6.67 Å². The molecule has 0 aromatic rings. The van der Waals surface area contributed by atoms with Crippen LogP contribution in [-0.2, 0) is 29.3 Å². The van der Waals surface area contributed by atoms with Crippen LogP contribution in [0.15, 0.2) is 34.4 Å². The van der Waals surface area contributed by atoms with Crippen LogP contribution >= 0.6 is 0 Å². The van der Waals surface area contributed by atoms with Gasteiger partial charge < -0.3 is 14.9 Å². The van der Waals surface area contributed by atoms with Gasteiger partial charge in [-0.1, -0.05) is 60.6 Å². The van der Waals surface area contributed by atoms with E-state index in [9.17, 15) is 35.9 Å². The van der Waals surface area contributed by atoms with E-state index < -0.39 is 43.3 Å². The second kappa shape index (κ2) is 16.1. The highest BCUT2D eigenvalue weighted by Gasteiger charge is 2.70. The number of rotatable bonds is 11. The molecule has 8 rings (SSSR count). The smallest absolute Gasteiger partial charge is 0.312 e. The molecule has 2 heterocycles. The molecule has 0 amide bonds. The van der Waals surface area contributed by atoms with Crippen LogP contribution in [0.4, 0.5) is 4.39 Å². The van der Waals surface area contributed by atoms with Gasteiger partial charge in [0.15, 0.2) is 25.5 Å². The summed E-state index contributed by atoms with van der Waals surface area (Å²) in [7, 11) is -6.03. The first kappa shape index (κ1) is 46.6. The monoisotopic (exact) mass is 902 g/mol. The Morgan fingerprint density at radius 3 is 1.92 bits per heavy atom. The molecule has 2 aliphatic heterocycles. The second-order valence-electron chi connectivity index (χ2n) is 22.9. The lowest BCUT2D eigenvalue weighted by Gasteiger charge is -2.72. The first-order chi connectivity index (χ1) is 29.0. The number of nitrogens with zero attached hydrogens (tertiary/aromatic N) is 3. The Hall–Kier alpha value is -1.93. The summed E-state index contributed by atoms with van der Waals surface area (Å²) in [6.45, 7) is 21.2. The minimum atomic E-state index is -3.02. The number of carbonyl (C=O) groups is 2. The number of aliphatic carboxylic acids is 1. The molecule has 0 bridgehead atoms. The van der Waals surface area contributed by atoms with E-state index >= 15 is 0 Å². The normalized spacial score (nSPS) is 40.6. The molecule has 1 N–H and O–H groups in total. The Morgan fingerprint density at radius 1 is 0.806 bits per heavy atom. The predicted molar refractivity (Wildman–Crippen MR) is 243 cm³/mol. The van der Waals surface area contributed by atoms with Crippen LogP contribution in [0.3, 0.4) is 0 Å². The second-order valence-corrected chi connectivity index (χ2v) is 27.5. The van der Waals surface area contributed by atoms with E-state index in [2.05, 4.69) is 69.2 Å². The summed E-state index contributed by atoms with van der Waals surface area (Å²) < 4.78 is 63.6. The SMILES string of the molecule is CC(C)C1=C2[C@H]3CC[C@@H]4[C@@]5(C)CC=C(C6=CC[C@](CF)(C(=O)O)CC6)C(C)(C)[C@@H]5CC[C@@]4(C)[C@]3(C)CC[C@@]2(N(CCN2CCS(=O)(=O)CC2)CCN2CCS(=O)(=O)CC2)CC1=O. The number of carboxylic acid groups (broad SMARTS) is 1. The zero-order chi connectivity index (χ0) is 44.9. The Labute approximate surface area is 372 Å². The lowest BCUT2D eigenvalue weighted by molar-refractivity contribution is -0.200. The summed E-state index contributed by atoms with van der Waals surface area (Å²) in [5, 5.41) is 9.89. The number of sulfone groups is 2. The van der Waals surface area contributed by atoms with Crippen LogP contribution in [0.2, 0.25) is 0 Å². The maximum absolute atomic E-state index is 14.6. The summed E-state index contributed by atoms with van der Waals surface area (Å²) in [4.78, 5) is 33.9. The Bertz CT molecular complexity index is 2070. The molecule has 8 atom stereocenters. The topological polar surface area (TPSA) is 132 Å². The van der Waals surface area contributed by atoms with E-state index in [-0.39, 0.29) is 68.7 Å². The quantitative estimate of drug-likeness (QED) is 0.228. The number of hydrogen-bond donors (Lipinski definition) is 1. The third kappa shape index (κ3) is 7.47. The summed E-state index contributed by atoms with van der Waals surface area (Å²) >= 11 is 0. The molecule has 2 saturated heterocycles. The molecule has 10 nitrogen and oxygen atoms in total. The lowest BCUT2D eigenvalue weighted by Crippen LogP contribution is -2.66. The molecule has 8 aliphatic rings. The summed E-state index contributed by atoms with van der Waals surface area (Å²) in [5.74, 6) is 1.30. The van der Waals surface area contributed by atoms with Gasteiger partial charge in [-0.05, 0) is 132 Å². The average Bonchev–Trinajstić information content (AvgIpc) is 3.52. The van der Waals surface area contributed by atoms with Crippen molar-refractivity contribution in [2.75, 3.05) is 82.0 Å². The highest BCUT2D eigenvalue weighted by molar-refractivity contribution is 7.91. The number of halogens is 1. The highest BCUT2D eigenvalue weighted by atomic mass is 32.2. The minimum Gasteiger partial charge on any atom is -0.481 e. The Morgan fingerprint density at radius 2 is 1.40 bits per heavy atom. The average molecular weight is 902 g/mol. The molecule has 5 fully saturated rings. The molecule has 0 aromatic carbocycles. The number of ketones is 1. The fraction of sp³-hybridized carbons (Fsp3) is 0.837. The molecular weight excluding hydrogens is 826 g/mol. The van der Waals surface area contributed by atoms with Gasteiger partial charge in [-0.15, -0.1) is 0 Å². The Balaban J connectivity index is 1.11. The molecule has 13 heteroatoms. The van der Waals surface area contributed by atoms with Gasteiger partial charge >= 0.3 is 5.97 Å². The standard InChI is InChI=1S/C49H76FN3O7S2/c1-34(2)41-38(54)32-49(53(22-20-51-24-28-61(57,58)29-25-51)23-21-52-26-30-62(59,60)31-27-52)19-18-46(6)37(42(41)49)8-9-40-45(5)14-12-36(44(3,4)39(45)13-15-47(40,46)7)35-10-16-48(33-50,17-11-35)43(55)56/h10,12,34,37,39-40H,8-9,11,13-33H2,1-7H3,(H,55,56)/t37-,39+,40-,45+,46-,47-,48+,49-/m1/s1. The van der Waals surface area contributed by atoms with Crippen molar-refractivity contribution in [3.63, 3.8) is 0 Å². The van der Waals surface area contributed by atoms with Gasteiger partial charge in [0.2, 0.25) is 0 Å². The predicted octanol–water partition coefficient (Wildman–Crippen LogP) is 7.17. The van der Waals surface area contributed by atoms with E-state index in [1.807, 2.05) is 6.08 Å². The van der Waals surface area contributed by atoms with Crippen molar-refractivity contribution >= 4 is 31.4 Å². The van der Waals surface area contributed by atoms with Crippen LogP contribution in [0, 0.1) is 50.7 Å². The zero-order valence-corrected chi connectivity index (χ0v) is 40.5. The molecule has 6 aliphatic carbocycles. The van der Waals surface area contributed by atoms with Crippen LogP contribution in [-0.4, -0.2) is 136 Å². The molecule has 0 radical (unpaired) electrons. The third-order valence-corrected chi connectivity index (χ3v) is 22.7. The van der Waals surface area contributed by atoms with Gasteiger partial charge in [-0.2, -0.15) is 0 Å². The van der Waals surface area contributed by atoms with Crippen LogP contribution in [0.1, 0.15) is 119 Å². The van der Waals surface area contributed by atoms with Crippen molar-refractivity contribution in [2.24, 2.45) is 50.7 Å². The minimum absolute atomic E-state index is 0.0197. The summed E-state index contributed by atoms with van der Waals surface area (Å²) in [6.07, 6.45) is 13.5. The molecule has 62 heavy (non-hydrogen) atoms. The largest absolute Gasteiger partial charge is 0.481 e. The van der Waals surface area contributed by atoms with Gasteiger partial charge in [-0.3, -0.25) is 14.5 Å². The maximum Gasteiger partial charge on any atom is 0.312 e. The molecule has 0 unspecified atom stereocenters. The van der Waals surface area contributed by atoms with E-state index in [0.717, 1.165) is 76.7 Å². The first-order valence-corrected chi connectivity index (χ1v) is 27.7. The fourth-order valence-electron chi connectivity index (χ4n) is 15.7. The van der Waals surface area contributed by atoms with Crippen LogP contribution in [0.25, 0.3) is 0 Å². The molecule has 0 spiro atoms. The number of alkyl halides is 1. The molecule has 348 valence electrons. The molecule has 3 saturated carbocycles. The molecular formula is C49H76FN3O7S2. The van der Waals surface area contributed by atoms with Crippen molar-refractivity contribution in [3.05, 3.63) is 34.4 Å². The van der Waals surface area contributed by atoms with Gasteiger partial charge in [-0.25, -0.2) is 21.2 Å². The molecule has 0 aromatic heterocycles. The number of fused-ring (bicyclic) bond motifs is 7. The highest BCUT2D eigenvalue weighted by Crippen LogP contribution is 2.76. The van der Waals surface area contributed by atoms with Gasteiger partial charge in [0.05, 0.1) is 34.0 Å². The van der Waals surface area contributed by atoms with Crippen LogP contribution in [0.5, 0.6) is 0 Å². The summed E-state index contributed by atoms with van der Waals surface area (Å²) in [6, 6.07) is 0. The van der Waals surface area contributed by atoms with Gasteiger partial charge in [0.25, 0.3) is 0 Å². The zero-order valence-electron chi connectivity index (χ0n) is 38.9. The van der Waals surface area contributed by atoms with Crippen molar-refractivity contribution < 1.29 is 35.9 Å². The van der Waals surface area contributed by atoms with Crippen molar-refractivity contribution in [3.8, 4) is 0 Å². The van der Waals surface area contributed by atoms with Gasteiger partial charge in [0, 0.05) is 58.8 Å². The third-order valence-electron chi connectivity index (χ3n) is 19.5. The first-order valence-electron chi connectivity index (χ1n) is 24.1. The number of Topliss-reactive ketones (excluding diaryl/α,β-unsaturated/α-hetero) is 1. The van der Waals surface area contributed by atoms with E-state index in [4.69, 9.17) is 0 Å². The van der Waals surface area contributed by atoms with E-state index in [1.54, 1.807) is 0 Å². The van der Waals surface area contributed by atoms with Crippen LogP contribution < -0.4 is 0 Å². The van der Waals surface area contributed by atoms with Crippen molar-refractivity contribution in [1.82, 2.24) is 14.7 Å². The van der Waals surface area contributed by atoms with E-state index in [1.165, 1.54) is 16.7 Å². The Kier molecular flexibility index (Phi) is 12.1. The fourth-order valence-corrected chi connectivity index (χ4v) is 18.2. The van der Waals surface area contributed by atoms with E-state index in [0.29, 0.717) is 57.3 Å². The maximum atomic E-state index is 14.6. The lowest BCUT2D eigenvalue weighted by atomic mass is 9.33. The number of allylic oxidation sites excluding steroid dienone is 5. The summed E-state index contributed by atoms with van der Waals surface area (Å²) in [5.41, 5.74) is 3.28. The number of hydrogen-bond acceptors (Lipinski definition) is 9.